The Morgan fingerprint density at radius 2 is 1.90 bits per heavy atom. The lowest BCUT2D eigenvalue weighted by Crippen LogP contribution is -2.42. The first kappa shape index (κ1) is 18.9. The van der Waals surface area contributed by atoms with Gasteiger partial charge in [-0.15, -0.1) is 0 Å². The van der Waals surface area contributed by atoms with Gasteiger partial charge in [-0.25, -0.2) is 13.9 Å². The van der Waals surface area contributed by atoms with Crippen LogP contribution >= 0.6 is 0 Å². The monoisotopic (exact) mass is 390 g/mol. The first-order valence-electron chi connectivity index (χ1n) is 9.60. The first-order chi connectivity index (χ1) is 14.0. The Morgan fingerprint density at radius 3 is 2.66 bits per heavy atom. The minimum Gasteiger partial charge on any atom is -0.337 e. The molecule has 0 aliphatic heterocycles. The van der Waals surface area contributed by atoms with E-state index in [1.807, 2.05) is 47.3 Å². The van der Waals surface area contributed by atoms with Crippen LogP contribution in [0.5, 0.6) is 0 Å². The summed E-state index contributed by atoms with van der Waals surface area (Å²) in [6.07, 6.45) is 6.74. The predicted molar refractivity (Wildman–Crippen MR) is 111 cm³/mol. The number of hydrogen-bond acceptors (Lipinski definition) is 2. The van der Waals surface area contributed by atoms with Gasteiger partial charge in [-0.2, -0.15) is 5.10 Å². The third kappa shape index (κ3) is 4.37. The van der Waals surface area contributed by atoms with Gasteiger partial charge in [-0.1, -0.05) is 43.3 Å². The lowest BCUT2D eigenvalue weighted by Gasteiger charge is -2.29. The molecular weight excluding hydrogens is 367 g/mol. The van der Waals surface area contributed by atoms with Gasteiger partial charge in [0.25, 0.3) is 0 Å². The maximum Gasteiger partial charge on any atom is 0.315 e. The van der Waals surface area contributed by atoms with Crippen molar-refractivity contribution in [3.05, 3.63) is 89.5 Å². The number of nitrogens with zero attached hydrogens (tertiary/aromatic N) is 2. The van der Waals surface area contributed by atoms with Crippen LogP contribution in [0.25, 0.3) is 11.8 Å². The SMILES string of the molecule is CC1(CNC(=O)NCc2ccccc2)C=Cc2c(cnn2-c2ccc(F)cc2)C1. The number of rotatable bonds is 5. The Labute approximate surface area is 169 Å². The molecule has 2 aromatic carbocycles. The molecule has 0 spiro atoms. The second-order valence-electron chi connectivity index (χ2n) is 7.63. The van der Waals surface area contributed by atoms with E-state index in [0.29, 0.717) is 13.1 Å². The largest absolute Gasteiger partial charge is 0.337 e. The van der Waals surface area contributed by atoms with Crippen molar-refractivity contribution in [2.75, 3.05) is 6.54 Å². The van der Waals surface area contributed by atoms with E-state index in [1.165, 1.54) is 12.1 Å². The molecule has 0 radical (unpaired) electrons. The van der Waals surface area contributed by atoms with Crippen LogP contribution in [-0.4, -0.2) is 22.4 Å². The molecule has 1 atom stereocenters. The molecule has 5 nitrogen and oxygen atoms in total. The van der Waals surface area contributed by atoms with Gasteiger partial charge < -0.3 is 10.6 Å². The molecule has 1 aliphatic carbocycles. The fraction of sp³-hybridized carbons (Fsp3) is 0.217. The zero-order chi connectivity index (χ0) is 20.3. The highest BCUT2D eigenvalue weighted by Crippen LogP contribution is 2.32. The summed E-state index contributed by atoms with van der Waals surface area (Å²) in [5, 5.41) is 10.3. The molecule has 148 valence electrons. The van der Waals surface area contributed by atoms with Crippen molar-refractivity contribution in [1.29, 1.82) is 0 Å². The van der Waals surface area contributed by atoms with Gasteiger partial charge in [0.1, 0.15) is 5.82 Å². The number of amides is 2. The van der Waals surface area contributed by atoms with Gasteiger partial charge in [0.15, 0.2) is 0 Å². The van der Waals surface area contributed by atoms with Crippen molar-refractivity contribution in [2.45, 2.75) is 19.9 Å². The summed E-state index contributed by atoms with van der Waals surface area (Å²) < 4.78 is 15.0. The third-order valence-electron chi connectivity index (χ3n) is 5.14. The highest BCUT2D eigenvalue weighted by atomic mass is 19.1. The molecule has 1 aliphatic rings. The van der Waals surface area contributed by atoms with Crippen LogP contribution in [0, 0.1) is 11.2 Å². The van der Waals surface area contributed by atoms with Crippen LogP contribution in [0.1, 0.15) is 23.7 Å². The van der Waals surface area contributed by atoms with E-state index in [2.05, 4.69) is 28.7 Å². The normalized spacial score (nSPS) is 17.6. The van der Waals surface area contributed by atoms with E-state index < -0.39 is 0 Å². The molecule has 6 heteroatoms. The lowest BCUT2D eigenvalue weighted by molar-refractivity contribution is 0.235. The van der Waals surface area contributed by atoms with E-state index in [-0.39, 0.29) is 17.3 Å². The van der Waals surface area contributed by atoms with E-state index in [0.717, 1.165) is 28.9 Å². The zero-order valence-electron chi connectivity index (χ0n) is 16.2. The van der Waals surface area contributed by atoms with E-state index in [4.69, 9.17) is 0 Å². The maximum atomic E-state index is 13.2. The number of hydrogen-bond donors (Lipinski definition) is 2. The van der Waals surface area contributed by atoms with Crippen molar-refractivity contribution < 1.29 is 9.18 Å². The minimum absolute atomic E-state index is 0.184. The zero-order valence-corrected chi connectivity index (χ0v) is 16.2. The summed E-state index contributed by atoms with van der Waals surface area (Å²) in [7, 11) is 0. The van der Waals surface area contributed by atoms with Crippen LogP contribution in [-0.2, 0) is 13.0 Å². The number of aromatic nitrogens is 2. The highest BCUT2D eigenvalue weighted by Gasteiger charge is 2.28. The number of halogens is 1. The quantitative estimate of drug-likeness (QED) is 0.689. The number of carbonyl (C=O) groups is 1. The fourth-order valence-corrected chi connectivity index (χ4v) is 3.51. The standard InChI is InChI=1S/C23H23FN4O/c1-23(16-26-22(29)25-14-17-5-3-2-4-6-17)12-11-21-18(13-23)15-27-28(21)20-9-7-19(24)8-10-20/h2-12,15H,13-14,16H2,1H3,(H2,25,26,29). The number of nitrogens with one attached hydrogen (secondary N) is 2. The van der Waals surface area contributed by atoms with E-state index in [9.17, 15) is 9.18 Å². The van der Waals surface area contributed by atoms with Gasteiger partial charge in [-0.3, -0.25) is 0 Å². The minimum atomic E-state index is -0.269. The average molecular weight is 390 g/mol. The number of benzene rings is 2. The molecule has 1 unspecified atom stereocenters. The van der Waals surface area contributed by atoms with Crippen molar-refractivity contribution >= 4 is 12.1 Å². The predicted octanol–water partition coefficient (Wildman–Crippen LogP) is 4.09. The van der Waals surface area contributed by atoms with Crippen molar-refractivity contribution in [3.8, 4) is 5.69 Å². The number of fused-ring (bicyclic) bond motifs is 1. The molecule has 2 amide bonds. The molecular formula is C23H23FN4O. The average Bonchev–Trinajstić information content (AvgIpc) is 3.15. The molecule has 3 aromatic rings. The van der Waals surface area contributed by atoms with Crippen LogP contribution in [0.15, 0.2) is 66.9 Å². The maximum absolute atomic E-state index is 13.2. The summed E-state index contributed by atoms with van der Waals surface area (Å²) in [6, 6.07) is 15.9. The van der Waals surface area contributed by atoms with Gasteiger partial charge >= 0.3 is 6.03 Å². The van der Waals surface area contributed by atoms with Gasteiger partial charge in [0, 0.05) is 18.5 Å². The summed E-state index contributed by atoms with van der Waals surface area (Å²) in [6.45, 7) is 3.12. The van der Waals surface area contributed by atoms with Gasteiger partial charge in [-0.05, 0) is 47.9 Å². The molecule has 2 N–H and O–H groups in total. The Hall–Kier alpha value is -3.41. The highest BCUT2D eigenvalue weighted by molar-refractivity contribution is 5.74. The second-order valence-corrected chi connectivity index (χ2v) is 7.63. The molecule has 0 saturated heterocycles. The molecule has 0 bridgehead atoms. The summed E-state index contributed by atoms with van der Waals surface area (Å²) >= 11 is 0. The number of urea groups is 1. The molecule has 0 fully saturated rings. The topological polar surface area (TPSA) is 59.0 Å². The van der Waals surface area contributed by atoms with Gasteiger partial charge in [0.2, 0.25) is 0 Å². The van der Waals surface area contributed by atoms with Crippen LogP contribution < -0.4 is 10.6 Å². The molecule has 0 saturated carbocycles. The molecule has 1 heterocycles. The summed E-state index contributed by atoms with van der Waals surface area (Å²) in [5.41, 5.74) is 3.77. The summed E-state index contributed by atoms with van der Waals surface area (Å²) in [5.74, 6) is -0.269. The van der Waals surface area contributed by atoms with Crippen LogP contribution in [0.2, 0.25) is 0 Å². The van der Waals surface area contributed by atoms with Crippen molar-refractivity contribution in [3.63, 3.8) is 0 Å². The van der Waals surface area contributed by atoms with E-state index in [1.54, 1.807) is 12.1 Å². The van der Waals surface area contributed by atoms with Crippen molar-refractivity contribution in [2.24, 2.45) is 5.41 Å². The molecule has 1 aromatic heterocycles. The van der Waals surface area contributed by atoms with E-state index >= 15 is 0 Å². The number of carbonyl (C=O) groups excluding carboxylic acids is 1. The molecule has 4 rings (SSSR count). The molecule has 29 heavy (non-hydrogen) atoms. The van der Waals surface area contributed by atoms with Crippen molar-refractivity contribution in [1.82, 2.24) is 20.4 Å². The Kier molecular flexibility index (Phi) is 5.16. The smallest absolute Gasteiger partial charge is 0.315 e. The Morgan fingerprint density at radius 1 is 1.14 bits per heavy atom. The lowest BCUT2D eigenvalue weighted by atomic mass is 9.80. The van der Waals surface area contributed by atoms with Crippen LogP contribution in [0.3, 0.4) is 0 Å². The summed E-state index contributed by atoms with van der Waals surface area (Å²) in [4.78, 5) is 12.2. The Balaban J connectivity index is 1.37. The fourth-order valence-electron chi connectivity index (χ4n) is 3.51. The second kappa shape index (κ2) is 7.91. The van der Waals surface area contributed by atoms with Gasteiger partial charge in [0.05, 0.1) is 17.6 Å². The Bertz CT molecular complexity index is 1030. The third-order valence-corrected chi connectivity index (χ3v) is 5.14. The van der Waals surface area contributed by atoms with Crippen LogP contribution in [0.4, 0.5) is 9.18 Å². The first-order valence-corrected chi connectivity index (χ1v) is 9.60.